The molecule has 0 unspecified atom stereocenters. The van der Waals surface area contributed by atoms with Gasteiger partial charge in [-0.2, -0.15) is 5.10 Å². The van der Waals surface area contributed by atoms with Gasteiger partial charge in [0.15, 0.2) is 0 Å². The van der Waals surface area contributed by atoms with Crippen LogP contribution in [0.15, 0.2) is 52.6 Å². The van der Waals surface area contributed by atoms with Gasteiger partial charge in [0, 0.05) is 46.8 Å². The van der Waals surface area contributed by atoms with Gasteiger partial charge in [-0.25, -0.2) is 14.6 Å². The standard InChI is InChI=1S/C26H24N6OS/c1-15-13-19(24-17(3)30-33-18(24)4)5-6-22(15)31-10-7-20-23(14-16(2)28-25(20)31)32-11-8-21(29-32)26-27-9-12-34-26/h5-6,8-9,11-14H,7,10H2,1-4H3. The summed E-state index contributed by atoms with van der Waals surface area (Å²) in [5.41, 5.74) is 9.63. The highest BCUT2D eigenvalue weighted by molar-refractivity contribution is 7.13. The number of aryl methyl sites for hydroxylation is 4. The van der Waals surface area contributed by atoms with E-state index in [0.717, 1.165) is 63.4 Å². The predicted octanol–water partition coefficient (Wildman–Crippen LogP) is 5.97. The van der Waals surface area contributed by atoms with E-state index in [2.05, 4.69) is 46.2 Å². The average Bonchev–Trinajstić information content (AvgIpc) is 3.61. The molecule has 8 heteroatoms. The number of thiazole rings is 1. The van der Waals surface area contributed by atoms with Gasteiger partial charge in [-0.15, -0.1) is 11.3 Å². The van der Waals surface area contributed by atoms with Crippen LogP contribution in [0.1, 0.15) is 28.3 Å². The monoisotopic (exact) mass is 468 g/mol. The zero-order chi connectivity index (χ0) is 23.4. The maximum Gasteiger partial charge on any atom is 0.143 e. The Labute approximate surface area is 201 Å². The normalized spacial score (nSPS) is 13.0. The van der Waals surface area contributed by atoms with Gasteiger partial charge in [-0.1, -0.05) is 11.2 Å². The van der Waals surface area contributed by atoms with E-state index in [1.807, 2.05) is 49.3 Å². The second-order valence-electron chi connectivity index (χ2n) is 8.67. The minimum Gasteiger partial charge on any atom is -0.361 e. The molecule has 7 nitrogen and oxygen atoms in total. The Morgan fingerprint density at radius 2 is 1.91 bits per heavy atom. The molecule has 170 valence electrons. The van der Waals surface area contributed by atoms with E-state index < -0.39 is 0 Å². The molecule has 0 radical (unpaired) electrons. The molecule has 0 bridgehead atoms. The Kier molecular flexibility index (Phi) is 4.84. The third-order valence-corrected chi connectivity index (χ3v) is 7.14. The smallest absolute Gasteiger partial charge is 0.143 e. The topological polar surface area (TPSA) is 72.9 Å². The lowest BCUT2D eigenvalue weighted by Gasteiger charge is -2.22. The van der Waals surface area contributed by atoms with Crippen molar-refractivity contribution in [2.24, 2.45) is 0 Å². The fraction of sp³-hybridized carbons (Fsp3) is 0.231. The van der Waals surface area contributed by atoms with Gasteiger partial charge in [0.25, 0.3) is 0 Å². The molecule has 0 saturated heterocycles. The van der Waals surface area contributed by atoms with E-state index in [0.29, 0.717) is 0 Å². The molecule has 4 aromatic heterocycles. The molecule has 1 aliphatic heterocycles. The van der Waals surface area contributed by atoms with Crippen LogP contribution >= 0.6 is 11.3 Å². The van der Waals surface area contributed by atoms with E-state index in [1.165, 1.54) is 16.8 Å². The highest BCUT2D eigenvalue weighted by atomic mass is 32.1. The first-order valence-corrected chi connectivity index (χ1v) is 12.2. The summed E-state index contributed by atoms with van der Waals surface area (Å²) >= 11 is 1.60. The maximum absolute atomic E-state index is 5.38. The van der Waals surface area contributed by atoms with E-state index in [4.69, 9.17) is 14.6 Å². The number of nitrogens with zero attached hydrogens (tertiary/aromatic N) is 6. The van der Waals surface area contributed by atoms with Crippen LogP contribution in [0.25, 0.3) is 27.5 Å². The molecule has 1 aliphatic rings. The molecule has 34 heavy (non-hydrogen) atoms. The van der Waals surface area contributed by atoms with Gasteiger partial charge in [-0.05, 0) is 69.5 Å². The number of benzene rings is 1. The summed E-state index contributed by atoms with van der Waals surface area (Å²) in [7, 11) is 0. The molecule has 0 aliphatic carbocycles. The number of hydrogen-bond acceptors (Lipinski definition) is 7. The van der Waals surface area contributed by atoms with Gasteiger partial charge in [0.1, 0.15) is 22.3 Å². The Balaban J connectivity index is 1.39. The van der Waals surface area contributed by atoms with E-state index in [9.17, 15) is 0 Å². The summed E-state index contributed by atoms with van der Waals surface area (Å²) in [6, 6.07) is 10.7. The Morgan fingerprint density at radius 3 is 2.65 bits per heavy atom. The zero-order valence-electron chi connectivity index (χ0n) is 19.5. The van der Waals surface area contributed by atoms with Gasteiger partial charge in [-0.3, -0.25) is 0 Å². The summed E-state index contributed by atoms with van der Waals surface area (Å²) in [5.74, 6) is 1.85. The van der Waals surface area contributed by atoms with Crippen molar-refractivity contribution in [1.29, 1.82) is 0 Å². The molecule has 5 heterocycles. The highest BCUT2D eigenvalue weighted by Crippen LogP contribution is 2.39. The van der Waals surface area contributed by atoms with E-state index in [-0.39, 0.29) is 0 Å². The van der Waals surface area contributed by atoms with Crippen molar-refractivity contribution in [3.8, 4) is 27.5 Å². The first kappa shape index (κ1) is 20.8. The second kappa shape index (κ2) is 7.92. The lowest BCUT2D eigenvalue weighted by atomic mass is 10.0. The number of rotatable bonds is 4. The molecule has 1 aromatic carbocycles. The van der Waals surface area contributed by atoms with Crippen LogP contribution in [0.2, 0.25) is 0 Å². The number of fused-ring (bicyclic) bond motifs is 1. The largest absolute Gasteiger partial charge is 0.361 e. The number of anilines is 2. The zero-order valence-corrected chi connectivity index (χ0v) is 20.3. The predicted molar refractivity (Wildman–Crippen MR) is 134 cm³/mol. The molecule has 5 aromatic rings. The van der Waals surface area contributed by atoms with Crippen molar-refractivity contribution in [1.82, 2.24) is 24.9 Å². The average molecular weight is 469 g/mol. The molecule has 0 atom stereocenters. The number of pyridine rings is 1. The van der Waals surface area contributed by atoms with Crippen molar-refractivity contribution in [2.45, 2.75) is 34.1 Å². The molecule has 0 N–H and O–H groups in total. The van der Waals surface area contributed by atoms with Crippen molar-refractivity contribution < 1.29 is 4.52 Å². The minimum atomic E-state index is 0.842. The van der Waals surface area contributed by atoms with Crippen LogP contribution in [-0.4, -0.2) is 31.4 Å². The van der Waals surface area contributed by atoms with Crippen LogP contribution in [0.4, 0.5) is 11.5 Å². The lowest BCUT2D eigenvalue weighted by molar-refractivity contribution is 0.393. The summed E-state index contributed by atoms with van der Waals surface area (Å²) in [5, 5.41) is 11.8. The van der Waals surface area contributed by atoms with Crippen LogP contribution in [0.5, 0.6) is 0 Å². The van der Waals surface area contributed by atoms with Crippen LogP contribution in [0, 0.1) is 27.7 Å². The van der Waals surface area contributed by atoms with Crippen LogP contribution < -0.4 is 4.90 Å². The van der Waals surface area contributed by atoms with Gasteiger partial charge in [0.2, 0.25) is 0 Å². The van der Waals surface area contributed by atoms with Crippen molar-refractivity contribution >= 4 is 22.8 Å². The first-order valence-electron chi connectivity index (χ1n) is 11.3. The fourth-order valence-electron chi connectivity index (χ4n) is 4.83. The molecule has 0 amide bonds. The Hall–Kier alpha value is -3.78. The van der Waals surface area contributed by atoms with E-state index in [1.54, 1.807) is 11.3 Å². The summed E-state index contributed by atoms with van der Waals surface area (Å²) in [4.78, 5) is 11.7. The fourth-order valence-corrected chi connectivity index (χ4v) is 5.43. The van der Waals surface area contributed by atoms with Gasteiger partial charge < -0.3 is 9.42 Å². The van der Waals surface area contributed by atoms with Gasteiger partial charge >= 0.3 is 0 Å². The van der Waals surface area contributed by atoms with Crippen molar-refractivity contribution in [2.75, 3.05) is 11.4 Å². The lowest BCUT2D eigenvalue weighted by Crippen LogP contribution is -2.16. The SMILES string of the molecule is Cc1cc(-n2ccc(-c3nccs3)n2)c2c(n1)N(c1ccc(-c3c(C)noc3C)cc1C)CC2. The Morgan fingerprint density at radius 1 is 1.03 bits per heavy atom. The third kappa shape index (κ3) is 3.33. The molecule has 0 fully saturated rings. The summed E-state index contributed by atoms with van der Waals surface area (Å²) in [6.45, 7) is 9.01. The molecular formula is C26H24N6OS. The van der Waals surface area contributed by atoms with Crippen LogP contribution in [-0.2, 0) is 6.42 Å². The molecule has 6 rings (SSSR count). The maximum atomic E-state index is 5.38. The molecular weight excluding hydrogens is 444 g/mol. The first-order chi connectivity index (χ1) is 16.5. The van der Waals surface area contributed by atoms with Crippen LogP contribution in [0.3, 0.4) is 0 Å². The highest BCUT2D eigenvalue weighted by Gasteiger charge is 2.27. The number of aromatic nitrogens is 5. The van der Waals surface area contributed by atoms with Crippen molar-refractivity contribution in [3.63, 3.8) is 0 Å². The molecule has 0 saturated carbocycles. The second-order valence-corrected chi connectivity index (χ2v) is 9.56. The number of hydrogen-bond donors (Lipinski definition) is 0. The van der Waals surface area contributed by atoms with Gasteiger partial charge in [0.05, 0.1) is 11.4 Å². The summed E-state index contributed by atoms with van der Waals surface area (Å²) in [6.07, 6.45) is 4.73. The third-order valence-electron chi connectivity index (χ3n) is 6.35. The van der Waals surface area contributed by atoms with Crippen molar-refractivity contribution in [3.05, 3.63) is 76.4 Å². The Bertz CT molecular complexity index is 1500. The quantitative estimate of drug-likeness (QED) is 0.323. The summed E-state index contributed by atoms with van der Waals surface area (Å²) < 4.78 is 7.34. The van der Waals surface area contributed by atoms with E-state index >= 15 is 0 Å². The minimum absolute atomic E-state index is 0.842. The molecule has 0 spiro atoms.